The molecule has 4 heteroatoms. The summed E-state index contributed by atoms with van der Waals surface area (Å²) in [5.74, 6) is 0.126. The van der Waals surface area contributed by atoms with E-state index in [0.29, 0.717) is 6.42 Å². The van der Waals surface area contributed by atoms with Crippen molar-refractivity contribution in [2.75, 3.05) is 19.6 Å². The van der Waals surface area contributed by atoms with Crippen LogP contribution in [0.25, 0.3) is 0 Å². The van der Waals surface area contributed by atoms with Crippen LogP contribution in [0, 0.1) is 5.41 Å². The molecule has 0 saturated carbocycles. The highest BCUT2D eigenvalue weighted by atomic mass is 35.5. The zero-order chi connectivity index (χ0) is 12.8. The molecule has 1 amide bonds. The van der Waals surface area contributed by atoms with Crippen molar-refractivity contribution in [1.82, 2.24) is 10.6 Å². The molecule has 3 nitrogen and oxygen atoms in total. The lowest BCUT2D eigenvalue weighted by atomic mass is 9.81. The van der Waals surface area contributed by atoms with Gasteiger partial charge in [0.2, 0.25) is 5.91 Å². The fourth-order valence-electron chi connectivity index (χ4n) is 2.36. The minimum absolute atomic E-state index is 0. The van der Waals surface area contributed by atoms with Gasteiger partial charge in [-0.25, -0.2) is 0 Å². The molecule has 0 atom stereocenters. The second-order valence-electron chi connectivity index (χ2n) is 5.50. The lowest BCUT2D eigenvalue weighted by Gasteiger charge is -2.34. The van der Waals surface area contributed by atoms with E-state index in [1.165, 1.54) is 0 Å². The number of halogens is 1. The van der Waals surface area contributed by atoms with Gasteiger partial charge in [-0.3, -0.25) is 4.79 Å². The highest BCUT2D eigenvalue weighted by Gasteiger charge is 2.26. The zero-order valence-electron chi connectivity index (χ0n) is 11.4. The van der Waals surface area contributed by atoms with E-state index in [9.17, 15) is 4.79 Å². The van der Waals surface area contributed by atoms with Gasteiger partial charge in [-0.1, -0.05) is 37.3 Å². The van der Waals surface area contributed by atoms with Gasteiger partial charge in [-0.15, -0.1) is 12.4 Å². The van der Waals surface area contributed by atoms with E-state index < -0.39 is 0 Å². The summed E-state index contributed by atoms with van der Waals surface area (Å²) in [6.45, 7) is 5.17. The number of benzene rings is 1. The molecule has 2 rings (SSSR count). The molecular weight excluding hydrogens is 260 g/mol. The number of hydrogen-bond acceptors (Lipinski definition) is 2. The van der Waals surface area contributed by atoms with Crippen molar-refractivity contribution in [1.29, 1.82) is 0 Å². The summed E-state index contributed by atoms with van der Waals surface area (Å²) in [5.41, 5.74) is 1.34. The van der Waals surface area contributed by atoms with Gasteiger partial charge in [0.25, 0.3) is 0 Å². The summed E-state index contributed by atoms with van der Waals surface area (Å²) < 4.78 is 0. The summed E-state index contributed by atoms with van der Waals surface area (Å²) in [4.78, 5) is 11.9. The largest absolute Gasteiger partial charge is 0.355 e. The Morgan fingerprint density at radius 2 is 1.89 bits per heavy atom. The molecule has 1 aliphatic heterocycles. The number of carbonyl (C=O) groups is 1. The molecule has 0 aliphatic carbocycles. The van der Waals surface area contributed by atoms with Gasteiger partial charge in [0.1, 0.15) is 0 Å². The van der Waals surface area contributed by atoms with E-state index in [2.05, 4.69) is 17.6 Å². The minimum Gasteiger partial charge on any atom is -0.355 e. The molecule has 1 heterocycles. The van der Waals surface area contributed by atoms with Crippen LogP contribution in [0.1, 0.15) is 25.3 Å². The third-order valence-corrected chi connectivity index (χ3v) is 3.73. The molecule has 1 fully saturated rings. The first-order valence-corrected chi connectivity index (χ1v) is 6.69. The number of piperidine rings is 1. The molecule has 106 valence electrons. The van der Waals surface area contributed by atoms with Crippen molar-refractivity contribution in [2.24, 2.45) is 5.41 Å². The van der Waals surface area contributed by atoms with Gasteiger partial charge in [-0.05, 0) is 36.9 Å². The van der Waals surface area contributed by atoms with Crippen molar-refractivity contribution in [3.63, 3.8) is 0 Å². The number of amides is 1. The quantitative estimate of drug-likeness (QED) is 0.889. The van der Waals surface area contributed by atoms with Crippen molar-refractivity contribution < 1.29 is 4.79 Å². The van der Waals surface area contributed by atoms with E-state index in [1.807, 2.05) is 30.3 Å². The monoisotopic (exact) mass is 282 g/mol. The van der Waals surface area contributed by atoms with Crippen LogP contribution in [-0.2, 0) is 11.2 Å². The second-order valence-corrected chi connectivity index (χ2v) is 5.50. The molecule has 1 saturated heterocycles. The Bertz CT molecular complexity index is 388. The minimum atomic E-state index is 0. The van der Waals surface area contributed by atoms with Crippen molar-refractivity contribution in [3.05, 3.63) is 35.9 Å². The van der Waals surface area contributed by atoms with Crippen molar-refractivity contribution in [3.8, 4) is 0 Å². The fraction of sp³-hybridized carbons (Fsp3) is 0.533. The molecule has 1 aromatic carbocycles. The Kier molecular flexibility index (Phi) is 6.32. The molecule has 0 spiro atoms. The SMILES string of the molecule is CC1(CNC(=O)Cc2ccccc2)CCNCC1.Cl. The van der Waals surface area contributed by atoms with Crippen LogP contribution in [0.15, 0.2) is 30.3 Å². The van der Waals surface area contributed by atoms with Crippen molar-refractivity contribution >= 4 is 18.3 Å². The molecule has 0 bridgehead atoms. The lowest BCUT2D eigenvalue weighted by Crippen LogP contribution is -2.43. The van der Waals surface area contributed by atoms with Gasteiger partial charge in [0, 0.05) is 6.54 Å². The molecule has 1 aromatic rings. The van der Waals surface area contributed by atoms with E-state index >= 15 is 0 Å². The molecule has 0 aromatic heterocycles. The number of hydrogen-bond donors (Lipinski definition) is 2. The maximum atomic E-state index is 11.9. The Labute approximate surface area is 121 Å². The van der Waals surface area contributed by atoms with E-state index in [0.717, 1.165) is 38.0 Å². The summed E-state index contributed by atoms with van der Waals surface area (Å²) in [6.07, 6.45) is 2.76. The molecule has 1 aliphatic rings. The smallest absolute Gasteiger partial charge is 0.224 e. The van der Waals surface area contributed by atoms with Gasteiger partial charge >= 0.3 is 0 Å². The summed E-state index contributed by atoms with van der Waals surface area (Å²) in [7, 11) is 0. The number of carbonyl (C=O) groups excluding carboxylic acids is 1. The van der Waals surface area contributed by atoms with Crippen LogP contribution in [-0.4, -0.2) is 25.5 Å². The molecule has 19 heavy (non-hydrogen) atoms. The predicted octanol–water partition coefficient (Wildman–Crippen LogP) is 2.16. The van der Waals surface area contributed by atoms with Gasteiger partial charge in [0.15, 0.2) is 0 Å². The van der Waals surface area contributed by atoms with Crippen LogP contribution in [0.4, 0.5) is 0 Å². The third-order valence-electron chi connectivity index (χ3n) is 3.73. The molecule has 0 radical (unpaired) electrons. The summed E-state index contributed by atoms with van der Waals surface area (Å²) >= 11 is 0. The van der Waals surface area contributed by atoms with Crippen LogP contribution >= 0.6 is 12.4 Å². The number of nitrogens with one attached hydrogen (secondary N) is 2. The summed E-state index contributed by atoms with van der Waals surface area (Å²) in [6, 6.07) is 9.89. The zero-order valence-corrected chi connectivity index (χ0v) is 12.3. The molecule has 2 N–H and O–H groups in total. The predicted molar refractivity (Wildman–Crippen MR) is 80.6 cm³/mol. The highest BCUT2D eigenvalue weighted by molar-refractivity contribution is 5.85. The van der Waals surface area contributed by atoms with Gasteiger partial charge in [0.05, 0.1) is 6.42 Å². The molecular formula is C15H23ClN2O. The number of rotatable bonds is 4. The van der Waals surface area contributed by atoms with Crippen LogP contribution in [0.5, 0.6) is 0 Å². The first-order chi connectivity index (χ1) is 8.68. The standard InChI is InChI=1S/C15H22N2O.ClH/c1-15(7-9-16-10-8-15)12-17-14(18)11-13-5-3-2-4-6-13;/h2-6,16H,7-12H2,1H3,(H,17,18);1H. The topological polar surface area (TPSA) is 41.1 Å². The Balaban J connectivity index is 0.00000180. The Morgan fingerprint density at radius 3 is 2.53 bits per heavy atom. The van der Waals surface area contributed by atoms with Crippen LogP contribution in [0.2, 0.25) is 0 Å². The maximum Gasteiger partial charge on any atom is 0.224 e. The van der Waals surface area contributed by atoms with Crippen LogP contribution in [0.3, 0.4) is 0 Å². The van der Waals surface area contributed by atoms with E-state index in [-0.39, 0.29) is 23.7 Å². The normalized spacial score (nSPS) is 17.3. The average molecular weight is 283 g/mol. The second kappa shape index (κ2) is 7.51. The highest BCUT2D eigenvalue weighted by Crippen LogP contribution is 2.26. The fourth-order valence-corrected chi connectivity index (χ4v) is 2.36. The van der Waals surface area contributed by atoms with E-state index in [1.54, 1.807) is 0 Å². The van der Waals surface area contributed by atoms with Gasteiger partial charge < -0.3 is 10.6 Å². The maximum absolute atomic E-state index is 11.9. The molecule has 0 unspecified atom stereocenters. The average Bonchev–Trinajstić information content (AvgIpc) is 2.39. The van der Waals surface area contributed by atoms with Crippen LogP contribution < -0.4 is 10.6 Å². The third kappa shape index (κ3) is 5.21. The first kappa shape index (κ1) is 16.0. The first-order valence-electron chi connectivity index (χ1n) is 6.69. The lowest BCUT2D eigenvalue weighted by molar-refractivity contribution is -0.121. The van der Waals surface area contributed by atoms with Crippen molar-refractivity contribution in [2.45, 2.75) is 26.2 Å². The van der Waals surface area contributed by atoms with Gasteiger partial charge in [-0.2, -0.15) is 0 Å². The Morgan fingerprint density at radius 1 is 1.26 bits per heavy atom. The summed E-state index contributed by atoms with van der Waals surface area (Å²) in [5, 5.41) is 6.43. The van der Waals surface area contributed by atoms with E-state index in [4.69, 9.17) is 0 Å². The Hall–Kier alpha value is -1.06.